The van der Waals surface area contributed by atoms with E-state index in [1.54, 1.807) is 19.1 Å². The first-order chi connectivity index (χ1) is 10.5. The van der Waals surface area contributed by atoms with E-state index >= 15 is 0 Å². The van der Waals surface area contributed by atoms with Crippen molar-refractivity contribution in [1.82, 2.24) is 0 Å². The number of carbonyl (C=O) groups is 1. The van der Waals surface area contributed by atoms with Crippen LogP contribution in [-0.4, -0.2) is 11.0 Å². The average molecular weight is 303 g/mol. The van der Waals surface area contributed by atoms with Gasteiger partial charge in [0.25, 0.3) is 0 Å². The highest BCUT2D eigenvalue weighted by Crippen LogP contribution is 2.48. The number of phenolic OH excluding ortho intramolecular Hbond substituents is 1. The number of nitrogens with one attached hydrogen (secondary N) is 1. The summed E-state index contributed by atoms with van der Waals surface area (Å²) in [5.74, 6) is -2.40. The third-order valence-electron chi connectivity index (χ3n) is 4.00. The van der Waals surface area contributed by atoms with Gasteiger partial charge in [0.05, 0.1) is 5.69 Å². The van der Waals surface area contributed by atoms with Crippen molar-refractivity contribution in [3.05, 3.63) is 59.2 Å². The number of hydrogen-bond donors (Lipinski definition) is 2. The van der Waals surface area contributed by atoms with Gasteiger partial charge in [0.1, 0.15) is 5.75 Å². The molecule has 3 nitrogen and oxygen atoms in total. The van der Waals surface area contributed by atoms with Crippen molar-refractivity contribution < 1.29 is 18.7 Å². The van der Waals surface area contributed by atoms with Gasteiger partial charge in [-0.3, -0.25) is 4.79 Å². The molecule has 2 aromatic carbocycles. The molecule has 2 atom stereocenters. The molecular weight excluding hydrogens is 288 g/mol. The first-order valence-electron chi connectivity index (χ1n) is 7.01. The zero-order valence-electron chi connectivity index (χ0n) is 11.9. The Morgan fingerprint density at radius 1 is 1.23 bits per heavy atom. The van der Waals surface area contributed by atoms with Crippen molar-refractivity contribution in [3.63, 3.8) is 0 Å². The van der Waals surface area contributed by atoms with E-state index in [1.165, 1.54) is 12.1 Å². The first kappa shape index (κ1) is 14.5. The SMILES string of the molecule is Cc1cccc(O)c1NC(=O)[C@H]1C[C@@H]1c1ccc(F)c(F)c1. The highest BCUT2D eigenvalue weighted by Gasteiger charge is 2.44. The Bertz CT molecular complexity index is 725. The standard InChI is InChI=1S/C17H15F2NO2/c1-9-3-2-4-15(21)16(9)20-17(22)12-8-11(12)10-5-6-13(18)14(19)7-10/h2-7,11-12,21H,8H2,1H3,(H,20,22)/t11-,12+/m1/s1. The Morgan fingerprint density at radius 3 is 2.68 bits per heavy atom. The van der Waals surface area contributed by atoms with E-state index in [0.717, 1.165) is 17.7 Å². The minimum absolute atomic E-state index is 0.0124. The molecule has 1 saturated carbocycles. The highest BCUT2D eigenvalue weighted by atomic mass is 19.2. The summed E-state index contributed by atoms with van der Waals surface area (Å²) in [6.45, 7) is 1.79. The summed E-state index contributed by atoms with van der Waals surface area (Å²) in [4.78, 5) is 12.2. The van der Waals surface area contributed by atoms with E-state index in [-0.39, 0.29) is 23.5 Å². The number of benzene rings is 2. The predicted molar refractivity (Wildman–Crippen MR) is 78.7 cm³/mol. The van der Waals surface area contributed by atoms with Gasteiger partial charge in [-0.1, -0.05) is 18.2 Å². The van der Waals surface area contributed by atoms with Crippen molar-refractivity contribution in [2.75, 3.05) is 5.32 Å². The van der Waals surface area contributed by atoms with E-state index in [0.29, 0.717) is 17.7 Å². The van der Waals surface area contributed by atoms with Crippen molar-refractivity contribution in [1.29, 1.82) is 0 Å². The molecule has 0 radical (unpaired) electrons. The van der Waals surface area contributed by atoms with Crippen LogP contribution < -0.4 is 5.32 Å². The van der Waals surface area contributed by atoms with E-state index in [9.17, 15) is 18.7 Å². The third kappa shape index (κ3) is 2.66. The molecule has 0 unspecified atom stereocenters. The number of rotatable bonds is 3. The molecule has 114 valence electrons. The molecule has 1 aliphatic carbocycles. The lowest BCUT2D eigenvalue weighted by Crippen LogP contribution is -2.15. The van der Waals surface area contributed by atoms with Crippen LogP contribution in [0.5, 0.6) is 5.75 Å². The van der Waals surface area contributed by atoms with Crippen LogP contribution in [0.15, 0.2) is 36.4 Å². The molecule has 0 heterocycles. The molecule has 3 rings (SSSR count). The van der Waals surface area contributed by atoms with Gasteiger partial charge in [0.15, 0.2) is 11.6 Å². The number of para-hydroxylation sites is 1. The van der Waals surface area contributed by atoms with Crippen LogP contribution in [0, 0.1) is 24.5 Å². The second kappa shape index (κ2) is 5.40. The van der Waals surface area contributed by atoms with Crippen LogP contribution in [0.25, 0.3) is 0 Å². The van der Waals surface area contributed by atoms with E-state index in [4.69, 9.17) is 0 Å². The summed E-state index contributed by atoms with van der Waals surface area (Å²) in [7, 11) is 0. The summed E-state index contributed by atoms with van der Waals surface area (Å²) < 4.78 is 26.2. The summed E-state index contributed by atoms with van der Waals surface area (Å²) in [5.41, 5.74) is 1.77. The van der Waals surface area contributed by atoms with Gasteiger partial charge >= 0.3 is 0 Å². The van der Waals surface area contributed by atoms with Gasteiger partial charge in [-0.05, 0) is 48.6 Å². The molecule has 1 aliphatic rings. The molecule has 0 aliphatic heterocycles. The number of anilines is 1. The minimum atomic E-state index is -0.903. The Morgan fingerprint density at radius 2 is 2.00 bits per heavy atom. The maximum Gasteiger partial charge on any atom is 0.228 e. The second-order valence-corrected chi connectivity index (χ2v) is 5.58. The van der Waals surface area contributed by atoms with Crippen molar-refractivity contribution in [2.45, 2.75) is 19.3 Å². The van der Waals surface area contributed by atoms with Crippen LogP contribution in [0.4, 0.5) is 14.5 Å². The lowest BCUT2D eigenvalue weighted by Gasteiger charge is -2.10. The monoisotopic (exact) mass is 303 g/mol. The summed E-state index contributed by atoms with van der Waals surface area (Å²) >= 11 is 0. The number of carbonyl (C=O) groups excluding carboxylic acids is 1. The smallest absolute Gasteiger partial charge is 0.228 e. The molecular formula is C17H15F2NO2. The molecule has 22 heavy (non-hydrogen) atoms. The highest BCUT2D eigenvalue weighted by molar-refractivity contribution is 5.97. The van der Waals surface area contributed by atoms with Gasteiger partial charge in [-0.2, -0.15) is 0 Å². The first-order valence-corrected chi connectivity index (χ1v) is 7.01. The van der Waals surface area contributed by atoms with Gasteiger partial charge in [0.2, 0.25) is 5.91 Å². The fourth-order valence-electron chi connectivity index (χ4n) is 2.63. The molecule has 2 aromatic rings. The third-order valence-corrected chi connectivity index (χ3v) is 4.00. The van der Waals surface area contributed by atoms with Crippen LogP contribution >= 0.6 is 0 Å². The Labute approximate surface area is 126 Å². The summed E-state index contributed by atoms with van der Waals surface area (Å²) in [6, 6.07) is 8.70. The van der Waals surface area contributed by atoms with Crippen molar-refractivity contribution in [3.8, 4) is 5.75 Å². The molecule has 1 amide bonds. The Kier molecular flexibility index (Phi) is 3.56. The quantitative estimate of drug-likeness (QED) is 0.849. The number of aryl methyl sites for hydroxylation is 1. The molecule has 2 N–H and O–H groups in total. The van der Waals surface area contributed by atoms with Crippen LogP contribution in [0.2, 0.25) is 0 Å². The topological polar surface area (TPSA) is 49.3 Å². The molecule has 0 spiro atoms. The second-order valence-electron chi connectivity index (χ2n) is 5.58. The number of hydrogen-bond acceptors (Lipinski definition) is 2. The Hall–Kier alpha value is -2.43. The largest absolute Gasteiger partial charge is 0.506 e. The zero-order chi connectivity index (χ0) is 15.9. The lowest BCUT2D eigenvalue weighted by molar-refractivity contribution is -0.117. The van der Waals surface area contributed by atoms with Crippen molar-refractivity contribution in [2.24, 2.45) is 5.92 Å². The number of aromatic hydroxyl groups is 1. The number of amides is 1. The van der Waals surface area contributed by atoms with Gasteiger partial charge in [-0.15, -0.1) is 0 Å². The van der Waals surface area contributed by atoms with Crippen molar-refractivity contribution >= 4 is 11.6 Å². The van der Waals surface area contributed by atoms with E-state index in [2.05, 4.69) is 5.32 Å². The molecule has 0 aromatic heterocycles. The number of halogens is 2. The van der Waals surface area contributed by atoms with Crippen LogP contribution in [0.3, 0.4) is 0 Å². The lowest BCUT2D eigenvalue weighted by atomic mass is 10.1. The average Bonchev–Trinajstić information content (AvgIpc) is 3.26. The minimum Gasteiger partial charge on any atom is -0.506 e. The van der Waals surface area contributed by atoms with Crippen LogP contribution in [0.1, 0.15) is 23.5 Å². The van der Waals surface area contributed by atoms with Gasteiger partial charge < -0.3 is 10.4 Å². The maximum atomic E-state index is 13.2. The summed E-state index contributed by atoms with van der Waals surface area (Å²) in [5, 5.41) is 12.5. The predicted octanol–water partition coefficient (Wildman–Crippen LogP) is 3.72. The molecule has 5 heteroatoms. The van der Waals surface area contributed by atoms with E-state index in [1.807, 2.05) is 0 Å². The summed E-state index contributed by atoms with van der Waals surface area (Å²) in [6.07, 6.45) is 0.587. The van der Waals surface area contributed by atoms with Crippen LogP contribution in [-0.2, 0) is 4.79 Å². The Balaban J connectivity index is 1.72. The zero-order valence-corrected chi connectivity index (χ0v) is 11.9. The maximum absolute atomic E-state index is 13.2. The molecule has 0 bridgehead atoms. The normalized spacial score (nSPS) is 19.8. The molecule has 1 fully saturated rings. The van der Waals surface area contributed by atoms with Gasteiger partial charge in [0, 0.05) is 5.92 Å². The van der Waals surface area contributed by atoms with E-state index < -0.39 is 11.6 Å². The fourth-order valence-corrected chi connectivity index (χ4v) is 2.63. The van der Waals surface area contributed by atoms with Gasteiger partial charge in [-0.25, -0.2) is 8.78 Å². The fraction of sp³-hybridized carbons (Fsp3) is 0.235. The number of phenols is 1. The molecule has 0 saturated heterocycles.